The molecule has 0 spiro atoms. The van der Waals surface area contributed by atoms with E-state index in [4.69, 9.17) is 10.5 Å². The van der Waals surface area contributed by atoms with Gasteiger partial charge in [-0.1, -0.05) is 114 Å². The molecule has 0 aliphatic heterocycles. The Hall–Kier alpha value is -4.81. The maximum Gasteiger partial charge on any atom is 2.00 e. The van der Waals surface area contributed by atoms with Gasteiger partial charge in [-0.3, -0.25) is 15.0 Å². The van der Waals surface area contributed by atoms with Gasteiger partial charge in [0.15, 0.2) is 0 Å². The molecular formula is C45H48F3N7O2RuS2. The SMILES string of the molecule is CCCCCCCCCCCCCCCc1ccsc1-c1ccnc(-c2cc(C(F)(F)F)n[n-]2)c1.O=C(O)c1ccnc(-c2cccc(-c3ccccn3)n2)c1.[N-]=C=S.[Ru+2]. The number of carboxylic acid groups (broad SMARTS) is 1. The largest absolute Gasteiger partial charge is 2.00 e. The normalized spacial score (nSPS) is 10.7. The number of carboxylic acids is 1. The predicted octanol–water partition coefficient (Wildman–Crippen LogP) is 13.0. The molecule has 0 amide bonds. The average molecular weight is 941 g/mol. The number of pyridine rings is 4. The van der Waals surface area contributed by atoms with Crippen LogP contribution in [0.15, 0.2) is 96.8 Å². The maximum atomic E-state index is 12.9. The fraction of sp³-hybridized carbons (Fsp3) is 0.356. The van der Waals surface area contributed by atoms with Crippen LogP contribution in [-0.4, -0.2) is 41.3 Å². The van der Waals surface area contributed by atoms with Crippen LogP contribution in [0, 0.1) is 0 Å². The third-order valence-corrected chi connectivity index (χ3v) is 10.4. The number of nitrogens with zero attached hydrogens (tertiary/aromatic N) is 7. The number of aromatic nitrogens is 6. The molecule has 6 aromatic heterocycles. The summed E-state index contributed by atoms with van der Waals surface area (Å²) >= 11 is 5.36. The first-order valence-corrected chi connectivity index (χ1v) is 21.1. The van der Waals surface area contributed by atoms with E-state index in [1.165, 1.54) is 106 Å². The van der Waals surface area contributed by atoms with Gasteiger partial charge in [-0.25, -0.2) is 9.78 Å². The quantitative estimate of drug-likeness (QED) is 0.0364. The average Bonchev–Trinajstić information content (AvgIpc) is 3.95. The molecule has 0 unspecified atom stereocenters. The number of aryl methyl sites for hydroxylation is 1. The summed E-state index contributed by atoms with van der Waals surface area (Å²) in [4.78, 5) is 29.3. The molecular weight excluding hydrogens is 893 g/mol. The molecule has 6 heterocycles. The van der Waals surface area contributed by atoms with E-state index >= 15 is 0 Å². The first-order valence-electron chi connectivity index (χ1n) is 19.8. The van der Waals surface area contributed by atoms with E-state index in [0.29, 0.717) is 17.1 Å². The third kappa shape index (κ3) is 16.7. The molecule has 0 bridgehead atoms. The van der Waals surface area contributed by atoms with Crippen molar-refractivity contribution in [3.8, 4) is 44.6 Å². The van der Waals surface area contributed by atoms with Crippen LogP contribution < -0.4 is 5.10 Å². The van der Waals surface area contributed by atoms with Crippen molar-refractivity contribution >= 4 is 34.7 Å². The summed E-state index contributed by atoms with van der Waals surface area (Å²) in [7, 11) is 0. The van der Waals surface area contributed by atoms with Crippen LogP contribution in [0.2, 0.25) is 0 Å². The van der Waals surface area contributed by atoms with Crippen LogP contribution in [0.5, 0.6) is 0 Å². The van der Waals surface area contributed by atoms with E-state index in [-0.39, 0.29) is 30.7 Å². The monoisotopic (exact) mass is 941 g/mol. The van der Waals surface area contributed by atoms with Crippen molar-refractivity contribution in [3.63, 3.8) is 0 Å². The third-order valence-electron chi connectivity index (χ3n) is 9.36. The Morgan fingerprint density at radius 2 is 1.33 bits per heavy atom. The molecule has 6 aromatic rings. The van der Waals surface area contributed by atoms with Gasteiger partial charge in [-0.15, -0.1) is 11.3 Å². The van der Waals surface area contributed by atoms with Crippen LogP contribution in [-0.2, 0) is 32.1 Å². The molecule has 0 aliphatic rings. The van der Waals surface area contributed by atoms with E-state index in [9.17, 15) is 18.0 Å². The zero-order chi connectivity index (χ0) is 42.3. The summed E-state index contributed by atoms with van der Waals surface area (Å²) in [5, 5.41) is 26.5. The molecule has 6 rings (SSSR count). The summed E-state index contributed by atoms with van der Waals surface area (Å²) in [6.45, 7) is 2.26. The van der Waals surface area contributed by atoms with Gasteiger partial charge in [0.2, 0.25) is 0 Å². The molecule has 1 N–H and O–H groups in total. The number of hydrogen-bond acceptors (Lipinski definition) is 8. The van der Waals surface area contributed by atoms with Crippen molar-refractivity contribution in [2.45, 2.75) is 103 Å². The van der Waals surface area contributed by atoms with Crippen LogP contribution >= 0.6 is 23.6 Å². The van der Waals surface area contributed by atoms with Crippen molar-refractivity contribution in [1.82, 2.24) is 30.1 Å². The molecule has 9 nitrogen and oxygen atoms in total. The first-order chi connectivity index (χ1) is 28.6. The second kappa shape index (κ2) is 27.1. The van der Waals surface area contributed by atoms with Crippen molar-refractivity contribution < 1.29 is 42.6 Å². The van der Waals surface area contributed by atoms with Gasteiger partial charge in [0.05, 0.1) is 34.0 Å². The molecule has 0 radical (unpaired) electrons. The molecule has 0 atom stereocenters. The van der Waals surface area contributed by atoms with Crippen molar-refractivity contribution in [3.05, 3.63) is 119 Å². The van der Waals surface area contributed by atoms with Gasteiger partial charge in [0.1, 0.15) is 5.69 Å². The molecule has 0 saturated heterocycles. The van der Waals surface area contributed by atoms with Crippen molar-refractivity contribution in [2.75, 3.05) is 0 Å². The standard InChI is InChI=1S/C28H37F3N3S.C16H11N3O2.CNS.Ru/c1-2-3-4-5-6-7-8-9-10-11-12-13-14-15-22-17-19-35-27(22)23-16-18-32-24(20-23)25-21-26(34-33-25)28(29,30)31;20-16(21)11-7-9-18-15(10-11)14-6-3-5-13(19-14)12-4-1-2-8-17-12;2-1-3;/h16-21H,2-15H2,1H3;1-10H,(H,20,21);;/q-1;;-1;+2. The van der Waals surface area contributed by atoms with Crippen molar-refractivity contribution in [1.29, 1.82) is 0 Å². The van der Waals surface area contributed by atoms with Gasteiger partial charge in [-0.2, -0.15) is 18.3 Å². The van der Waals surface area contributed by atoms with Gasteiger partial charge >= 0.3 is 31.6 Å². The van der Waals surface area contributed by atoms with Gasteiger partial charge in [0, 0.05) is 23.5 Å². The summed E-state index contributed by atoms with van der Waals surface area (Å²) in [6.07, 6.45) is 18.7. The number of hydrogen-bond donors (Lipinski definition) is 1. The van der Waals surface area contributed by atoms with E-state index in [2.05, 4.69) is 60.7 Å². The smallest absolute Gasteiger partial charge is 0.753 e. The fourth-order valence-electron chi connectivity index (χ4n) is 6.33. The molecule has 15 heteroatoms. The summed E-state index contributed by atoms with van der Waals surface area (Å²) in [5.74, 6) is -0.987. The number of thiophene rings is 1. The molecule has 316 valence electrons. The van der Waals surface area contributed by atoms with E-state index < -0.39 is 17.8 Å². The van der Waals surface area contributed by atoms with Gasteiger partial charge in [0.25, 0.3) is 0 Å². The van der Waals surface area contributed by atoms with E-state index in [0.717, 1.165) is 40.7 Å². The number of halogens is 3. The Balaban J connectivity index is 0.000000326. The Labute approximate surface area is 372 Å². The van der Waals surface area contributed by atoms with Gasteiger partial charge in [-0.05, 0) is 90.0 Å². The zero-order valence-corrected chi connectivity index (χ0v) is 36.8. The van der Waals surface area contributed by atoms with Crippen LogP contribution in [0.3, 0.4) is 0 Å². The van der Waals surface area contributed by atoms with Gasteiger partial charge < -0.3 is 20.7 Å². The molecule has 0 fully saturated rings. The number of alkyl halides is 3. The zero-order valence-electron chi connectivity index (χ0n) is 33.4. The molecule has 60 heavy (non-hydrogen) atoms. The van der Waals surface area contributed by atoms with Crippen LogP contribution in [0.1, 0.15) is 112 Å². The summed E-state index contributed by atoms with van der Waals surface area (Å²) in [5.41, 5.74) is 4.62. The topological polar surface area (TPSA) is 138 Å². The number of carbonyl (C=O) groups is 1. The number of thiocarbonyl (C=S) groups is 1. The van der Waals surface area contributed by atoms with Crippen LogP contribution in [0.4, 0.5) is 13.2 Å². The second-order valence-electron chi connectivity index (χ2n) is 13.8. The second-order valence-corrected chi connectivity index (χ2v) is 14.9. The number of unbranched alkanes of at least 4 members (excludes halogenated alkanes) is 12. The first kappa shape index (κ1) is 49.6. The molecule has 0 saturated carbocycles. The molecule has 0 aliphatic carbocycles. The van der Waals surface area contributed by atoms with E-state index in [1.807, 2.05) is 42.5 Å². The number of aromatic carboxylic acids is 1. The number of isothiocyanates is 1. The molecule has 0 aromatic carbocycles. The summed E-state index contributed by atoms with van der Waals surface area (Å²) in [6, 6.07) is 20.9. The van der Waals surface area contributed by atoms with E-state index in [1.54, 1.807) is 29.8 Å². The minimum atomic E-state index is -4.50. The Morgan fingerprint density at radius 3 is 1.93 bits per heavy atom. The Kier molecular flexibility index (Phi) is 22.4. The maximum absolute atomic E-state index is 12.9. The minimum Gasteiger partial charge on any atom is -0.753 e. The fourth-order valence-corrected chi connectivity index (χ4v) is 7.28. The minimum absolute atomic E-state index is 0. The summed E-state index contributed by atoms with van der Waals surface area (Å²) < 4.78 is 38.6. The Morgan fingerprint density at radius 1 is 0.750 bits per heavy atom. The number of rotatable bonds is 19. The van der Waals surface area contributed by atoms with Crippen LogP contribution in [0.25, 0.3) is 50.0 Å². The predicted molar refractivity (Wildman–Crippen MR) is 232 cm³/mol. The van der Waals surface area contributed by atoms with Crippen molar-refractivity contribution in [2.24, 2.45) is 0 Å². The Bertz CT molecular complexity index is 2190.